The van der Waals surface area contributed by atoms with Gasteiger partial charge in [-0.3, -0.25) is 9.38 Å². The summed E-state index contributed by atoms with van der Waals surface area (Å²) < 4.78 is 2.14. The smallest absolute Gasteiger partial charge is 0.137 e. The van der Waals surface area contributed by atoms with E-state index in [1.165, 1.54) is 4.90 Å². The quantitative estimate of drug-likeness (QED) is 0.509. The number of thioether (sulfide) groups is 1. The molecule has 0 fully saturated rings. The minimum atomic E-state index is 0.947. The van der Waals surface area contributed by atoms with E-state index < -0.39 is 0 Å². The fraction of sp³-hybridized carbons (Fsp3) is 0.0526. The van der Waals surface area contributed by atoms with E-state index >= 15 is 0 Å². The van der Waals surface area contributed by atoms with Gasteiger partial charge < -0.3 is 0 Å². The third-order valence-electron chi connectivity index (χ3n) is 3.85. The Hall–Kier alpha value is -2.59. The molecule has 23 heavy (non-hydrogen) atoms. The molecule has 0 saturated heterocycles. The molecule has 1 aromatic carbocycles. The lowest BCUT2D eigenvalue weighted by molar-refractivity contribution is 1.19. The first-order chi connectivity index (χ1) is 11.4. The summed E-state index contributed by atoms with van der Waals surface area (Å²) in [5, 5.41) is 0. The van der Waals surface area contributed by atoms with Crippen LogP contribution in [0.1, 0.15) is 0 Å². The molecule has 0 radical (unpaired) electrons. The third-order valence-corrected chi connectivity index (χ3v) is 4.59. The standard InChI is InChI=1S/C19H15N3S/c1-23-16-7-5-15(6-8-16)19-18(14-9-11-20-12-10-14)21-17-4-2-3-13-22(17)19/h2-13H,1H3. The van der Waals surface area contributed by atoms with E-state index in [-0.39, 0.29) is 0 Å². The summed E-state index contributed by atoms with van der Waals surface area (Å²) in [6, 6.07) is 18.7. The molecule has 0 bridgehead atoms. The summed E-state index contributed by atoms with van der Waals surface area (Å²) in [5.41, 5.74) is 5.28. The molecule has 4 aromatic rings. The van der Waals surface area contributed by atoms with Crippen LogP contribution < -0.4 is 0 Å². The van der Waals surface area contributed by atoms with E-state index in [9.17, 15) is 0 Å². The van der Waals surface area contributed by atoms with E-state index in [1.54, 1.807) is 24.2 Å². The van der Waals surface area contributed by atoms with Crippen molar-refractivity contribution in [1.29, 1.82) is 0 Å². The van der Waals surface area contributed by atoms with Crippen LogP contribution in [0.4, 0.5) is 0 Å². The van der Waals surface area contributed by atoms with Crippen molar-refractivity contribution < 1.29 is 0 Å². The van der Waals surface area contributed by atoms with Crippen LogP contribution in [0.25, 0.3) is 28.2 Å². The third kappa shape index (κ3) is 2.51. The zero-order valence-electron chi connectivity index (χ0n) is 12.7. The monoisotopic (exact) mass is 317 g/mol. The van der Waals surface area contributed by atoms with Gasteiger partial charge in [-0.1, -0.05) is 18.2 Å². The average Bonchev–Trinajstić information content (AvgIpc) is 3.02. The number of hydrogen-bond acceptors (Lipinski definition) is 3. The van der Waals surface area contributed by atoms with Crippen LogP contribution in [0.2, 0.25) is 0 Å². The molecule has 0 atom stereocenters. The van der Waals surface area contributed by atoms with Crippen LogP contribution in [0.15, 0.2) is 78.1 Å². The highest BCUT2D eigenvalue weighted by Crippen LogP contribution is 2.33. The molecule has 4 rings (SSSR count). The second kappa shape index (κ2) is 5.89. The van der Waals surface area contributed by atoms with E-state index in [0.29, 0.717) is 0 Å². The summed E-state index contributed by atoms with van der Waals surface area (Å²) in [7, 11) is 0. The molecule has 0 amide bonds. The summed E-state index contributed by atoms with van der Waals surface area (Å²) in [6.45, 7) is 0. The summed E-state index contributed by atoms with van der Waals surface area (Å²) in [4.78, 5) is 10.2. The van der Waals surface area contributed by atoms with Crippen molar-refractivity contribution in [3.8, 4) is 22.5 Å². The number of rotatable bonds is 3. The van der Waals surface area contributed by atoms with Crippen molar-refractivity contribution in [1.82, 2.24) is 14.4 Å². The Morgan fingerprint density at radius 3 is 2.39 bits per heavy atom. The van der Waals surface area contributed by atoms with Crippen molar-refractivity contribution in [2.45, 2.75) is 4.90 Å². The van der Waals surface area contributed by atoms with Gasteiger partial charge in [-0.2, -0.15) is 0 Å². The first kappa shape index (κ1) is 14.0. The normalized spacial score (nSPS) is 11.0. The lowest BCUT2D eigenvalue weighted by atomic mass is 10.1. The first-order valence-corrected chi connectivity index (χ1v) is 8.61. The van der Waals surface area contributed by atoms with Crippen LogP contribution >= 0.6 is 11.8 Å². The highest BCUT2D eigenvalue weighted by Gasteiger charge is 2.15. The molecule has 0 saturated carbocycles. The lowest BCUT2D eigenvalue weighted by Gasteiger charge is -2.06. The summed E-state index contributed by atoms with van der Waals surface area (Å²) in [6.07, 6.45) is 7.76. The number of nitrogens with zero attached hydrogens (tertiary/aromatic N) is 3. The second-order valence-electron chi connectivity index (χ2n) is 5.20. The maximum Gasteiger partial charge on any atom is 0.137 e. The number of benzene rings is 1. The maximum atomic E-state index is 4.83. The molecule has 0 aliphatic carbocycles. The van der Waals surface area contributed by atoms with Crippen LogP contribution in [0.3, 0.4) is 0 Å². The minimum absolute atomic E-state index is 0.947. The van der Waals surface area contributed by atoms with E-state index in [0.717, 1.165) is 28.2 Å². The predicted molar refractivity (Wildman–Crippen MR) is 95.6 cm³/mol. The Balaban J connectivity index is 1.99. The van der Waals surface area contributed by atoms with Crippen molar-refractivity contribution >= 4 is 17.4 Å². The molecule has 3 nitrogen and oxygen atoms in total. The first-order valence-electron chi connectivity index (χ1n) is 7.39. The molecule has 0 aliphatic heterocycles. The fourth-order valence-electron chi connectivity index (χ4n) is 2.73. The second-order valence-corrected chi connectivity index (χ2v) is 6.08. The zero-order valence-corrected chi connectivity index (χ0v) is 13.5. The Kier molecular flexibility index (Phi) is 3.60. The Labute approximate surface area is 139 Å². The predicted octanol–water partition coefficient (Wildman–Crippen LogP) is 4.79. The van der Waals surface area contributed by atoms with E-state index in [4.69, 9.17) is 4.98 Å². The van der Waals surface area contributed by atoms with Gasteiger partial charge in [0, 0.05) is 34.6 Å². The number of imidazole rings is 1. The maximum absolute atomic E-state index is 4.83. The molecule has 0 aliphatic rings. The van der Waals surface area contributed by atoms with Crippen LogP contribution in [0.5, 0.6) is 0 Å². The van der Waals surface area contributed by atoms with Crippen molar-refractivity contribution in [3.63, 3.8) is 0 Å². The van der Waals surface area contributed by atoms with Crippen LogP contribution in [-0.2, 0) is 0 Å². The van der Waals surface area contributed by atoms with Gasteiger partial charge in [-0.05, 0) is 42.7 Å². The number of pyridine rings is 2. The molecule has 3 heterocycles. The van der Waals surface area contributed by atoms with Gasteiger partial charge in [0.15, 0.2) is 0 Å². The van der Waals surface area contributed by atoms with Gasteiger partial charge in [-0.15, -0.1) is 11.8 Å². The van der Waals surface area contributed by atoms with E-state index in [2.05, 4.69) is 46.1 Å². The minimum Gasteiger partial charge on any atom is -0.299 e. The molecule has 0 unspecified atom stereocenters. The van der Waals surface area contributed by atoms with Crippen molar-refractivity contribution in [3.05, 3.63) is 73.2 Å². The molecule has 0 N–H and O–H groups in total. The van der Waals surface area contributed by atoms with Crippen molar-refractivity contribution in [2.75, 3.05) is 6.26 Å². The summed E-state index contributed by atoms with van der Waals surface area (Å²) >= 11 is 1.75. The molecule has 112 valence electrons. The largest absolute Gasteiger partial charge is 0.299 e. The van der Waals surface area contributed by atoms with Gasteiger partial charge in [-0.25, -0.2) is 4.98 Å². The van der Waals surface area contributed by atoms with Crippen LogP contribution in [-0.4, -0.2) is 20.6 Å². The number of aromatic nitrogens is 3. The van der Waals surface area contributed by atoms with Crippen LogP contribution in [0, 0.1) is 0 Å². The fourth-order valence-corrected chi connectivity index (χ4v) is 3.14. The molecular weight excluding hydrogens is 302 g/mol. The van der Waals surface area contributed by atoms with Gasteiger partial charge in [0.25, 0.3) is 0 Å². The average molecular weight is 317 g/mol. The zero-order chi connectivity index (χ0) is 15.6. The highest BCUT2D eigenvalue weighted by molar-refractivity contribution is 7.98. The number of fused-ring (bicyclic) bond motifs is 1. The Morgan fingerprint density at radius 2 is 1.65 bits per heavy atom. The highest BCUT2D eigenvalue weighted by atomic mass is 32.2. The molecular formula is C19H15N3S. The van der Waals surface area contributed by atoms with Gasteiger partial charge in [0.2, 0.25) is 0 Å². The SMILES string of the molecule is CSc1ccc(-c2c(-c3ccncc3)nc3ccccn23)cc1. The van der Waals surface area contributed by atoms with Gasteiger partial charge in [0.1, 0.15) is 5.65 Å². The topological polar surface area (TPSA) is 30.2 Å². The number of hydrogen-bond donors (Lipinski definition) is 0. The Morgan fingerprint density at radius 1 is 0.870 bits per heavy atom. The molecule has 0 spiro atoms. The van der Waals surface area contributed by atoms with Gasteiger partial charge >= 0.3 is 0 Å². The van der Waals surface area contributed by atoms with Gasteiger partial charge in [0.05, 0.1) is 11.4 Å². The molecule has 4 heteroatoms. The molecule has 3 aromatic heterocycles. The summed E-state index contributed by atoms with van der Waals surface area (Å²) in [5.74, 6) is 0. The van der Waals surface area contributed by atoms with E-state index in [1.807, 2.05) is 30.3 Å². The lowest BCUT2D eigenvalue weighted by Crippen LogP contribution is -1.89. The van der Waals surface area contributed by atoms with Crippen molar-refractivity contribution in [2.24, 2.45) is 0 Å². The Bertz CT molecular complexity index is 943.